The summed E-state index contributed by atoms with van der Waals surface area (Å²) in [6.07, 6.45) is 0. The van der Waals surface area contributed by atoms with Crippen LogP contribution >= 0.6 is 11.8 Å². The highest BCUT2D eigenvalue weighted by molar-refractivity contribution is 8.00. The fraction of sp³-hybridized carbons (Fsp3) is 0.500. The molecule has 106 valence electrons. The summed E-state index contributed by atoms with van der Waals surface area (Å²) in [5.74, 6) is 1.06. The summed E-state index contributed by atoms with van der Waals surface area (Å²) in [6.45, 7) is 5.30. The lowest BCUT2D eigenvalue weighted by Crippen LogP contribution is -2.44. The first-order valence-corrected chi connectivity index (χ1v) is 8.71. The molecule has 5 nitrogen and oxygen atoms in total. The minimum Gasteiger partial charge on any atom is -0.398 e. The molecule has 1 aliphatic heterocycles. The molecular formula is C12H19N3O2S2. The second kappa shape index (κ2) is 5.22. The molecule has 1 saturated heterocycles. The number of hydrogen-bond donors (Lipinski definition) is 2. The number of sulfonamides is 1. The Bertz CT molecular complexity index is 574. The van der Waals surface area contributed by atoms with Gasteiger partial charge in [-0.15, -0.1) is 0 Å². The third kappa shape index (κ3) is 2.98. The summed E-state index contributed by atoms with van der Waals surface area (Å²) >= 11 is 1.95. The van der Waals surface area contributed by atoms with Crippen LogP contribution < -0.4 is 15.8 Å². The molecule has 1 aromatic rings. The summed E-state index contributed by atoms with van der Waals surface area (Å²) in [4.78, 5) is 2.24. The van der Waals surface area contributed by atoms with Gasteiger partial charge >= 0.3 is 0 Å². The van der Waals surface area contributed by atoms with Crippen LogP contribution in [0.15, 0.2) is 23.1 Å². The third-order valence-corrected chi connectivity index (χ3v) is 5.84. The van der Waals surface area contributed by atoms with E-state index in [0.29, 0.717) is 11.3 Å². The van der Waals surface area contributed by atoms with Crippen LogP contribution in [0.4, 0.5) is 11.4 Å². The zero-order valence-corrected chi connectivity index (χ0v) is 12.7. The summed E-state index contributed by atoms with van der Waals surface area (Å²) in [6, 6.07) is 5.34. The van der Waals surface area contributed by atoms with Gasteiger partial charge in [-0.05, 0) is 25.1 Å². The van der Waals surface area contributed by atoms with Gasteiger partial charge < -0.3 is 10.6 Å². The van der Waals surface area contributed by atoms with Crippen molar-refractivity contribution in [2.45, 2.75) is 30.0 Å². The highest BCUT2D eigenvalue weighted by atomic mass is 32.2. The Morgan fingerprint density at radius 2 is 2.05 bits per heavy atom. The normalized spacial score (nSPS) is 24.5. The van der Waals surface area contributed by atoms with Crippen LogP contribution in [0.25, 0.3) is 0 Å². The van der Waals surface area contributed by atoms with Crippen molar-refractivity contribution < 1.29 is 8.42 Å². The van der Waals surface area contributed by atoms with Gasteiger partial charge in [0.25, 0.3) is 0 Å². The highest BCUT2D eigenvalue weighted by Crippen LogP contribution is 2.31. The van der Waals surface area contributed by atoms with Crippen molar-refractivity contribution in [3.05, 3.63) is 18.2 Å². The van der Waals surface area contributed by atoms with Gasteiger partial charge in [0.15, 0.2) is 0 Å². The van der Waals surface area contributed by atoms with Gasteiger partial charge in [-0.25, -0.2) is 13.6 Å². The molecule has 1 heterocycles. The van der Waals surface area contributed by atoms with Crippen molar-refractivity contribution in [3.8, 4) is 0 Å². The first kappa shape index (κ1) is 14.5. The molecule has 1 aliphatic rings. The van der Waals surface area contributed by atoms with E-state index in [9.17, 15) is 8.42 Å². The Morgan fingerprint density at radius 1 is 1.37 bits per heavy atom. The van der Waals surface area contributed by atoms with Gasteiger partial charge in [0.1, 0.15) is 4.90 Å². The molecule has 0 bridgehead atoms. The molecule has 0 spiro atoms. The zero-order valence-electron chi connectivity index (χ0n) is 11.0. The number of nitrogens with zero attached hydrogens (tertiary/aromatic N) is 1. The van der Waals surface area contributed by atoms with Gasteiger partial charge in [-0.2, -0.15) is 11.8 Å². The lowest BCUT2D eigenvalue weighted by molar-refractivity contribution is 0.598. The standard InChI is InChI=1S/C12H19N3O2S2/c1-8-9(2)18-6-5-15(8)10-3-4-12(11(13)7-10)19(14,16)17/h3-4,7-9H,5-6,13H2,1-2H3,(H2,14,16,17). The van der Waals surface area contributed by atoms with E-state index >= 15 is 0 Å². The summed E-state index contributed by atoms with van der Waals surface area (Å²) in [5, 5.41) is 5.65. The topological polar surface area (TPSA) is 89.4 Å². The summed E-state index contributed by atoms with van der Waals surface area (Å²) < 4.78 is 22.7. The molecule has 7 heteroatoms. The van der Waals surface area contributed by atoms with Gasteiger partial charge in [0, 0.05) is 29.3 Å². The van der Waals surface area contributed by atoms with Crippen molar-refractivity contribution in [2.24, 2.45) is 5.14 Å². The van der Waals surface area contributed by atoms with Crippen LogP contribution in [0.2, 0.25) is 0 Å². The number of nitrogens with two attached hydrogens (primary N) is 2. The predicted molar refractivity (Wildman–Crippen MR) is 81.0 cm³/mol. The third-order valence-electron chi connectivity index (χ3n) is 3.52. The minimum absolute atomic E-state index is 0.0108. The minimum atomic E-state index is -3.75. The lowest BCUT2D eigenvalue weighted by atomic mass is 10.1. The lowest BCUT2D eigenvalue weighted by Gasteiger charge is -2.39. The maximum Gasteiger partial charge on any atom is 0.240 e. The second-order valence-corrected chi connectivity index (χ2v) is 7.79. The van der Waals surface area contributed by atoms with Crippen molar-refractivity contribution in [2.75, 3.05) is 22.9 Å². The SMILES string of the molecule is CC1SCCN(c2ccc(S(N)(=O)=O)c(N)c2)C1C. The molecule has 0 saturated carbocycles. The first-order chi connectivity index (χ1) is 8.80. The maximum absolute atomic E-state index is 11.3. The second-order valence-electron chi connectivity index (χ2n) is 4.78. The Balaban J connectivity index is 2.34. The monoisotopic (exact) mass is 301 g/mol. The van der Waals surface area contributed by atoms with Crippen LogP contribution in [-0.4, -0.2) is 32.0 Å². The molecule has 0 aliphatic carbocycles. The zero-order chi connectivity index (χ0) is 14.2. The van der Waals surface area contributed by atoms with Crippen molar-refractivity contribution in [1.82, 2.24) is 0 Å². The van der Waals surface area contributed by atoms with Crippen LogP contribution in [0.5, 0.6) is 0 Å². The van der Waals surface area contributed by atoms with Gasteiger partial charge in [-0.1, -0.05) is 6.92 Å². The Hall–Kier alpha value is -0.920. The van der Waals surface area contributed by atoms with Gasteiger partial charge in [-0.3, -0.25) is 0 Å². The van der Waals surface area contributed by atoms with E-state index in [1.165, 1.54) is 6.07 Å². The quantitative estimate of drug-likeness (QED) is 0.802. The maximum atomic E-state index is 11.3. The fourth-order valence-corrected chi connectivity index (χ4v) is 4.02. The van der Waals surface area contributed by atoms with Gasteiger partial charge in [0.2, 0.25) is 10.0 Å². The number of anilines is 2. The van der Waals surface area contributed by atoms with Crippen molar-refractivity contribution >= 4 is 33.2 Å². The average Bonchev–Trinajstić information content (AvgIpc) is 2.31. The molecule has 0 radical (unpaired) electrons. The molecule has 19 heavy (non-hydrogen) atoms. The smallest absolute Gasteiger partial charge is 0.240 e. The number of nitrogen functional groups attached to an aromatic ring is 1. The van der Waals surface area contributed by atoms with Crippen molar-refractivity contribution in [3.63, 3.8) is 0 Å². The largest absolute Gasteiger partial charge is 0.398 e. The van der Waals surface area contributed by atoms with E-state index in [1.807, 2.05) is 11.8 Å². The molecule has 2 rings (SSSR count). The Morgan fingerprint density at radius 3 is 2.63 bits per heavy atom. The highest BCUT2D eigenvalue weighted by Gasteiger charge is 2.26. The number of benzene rings is 1. The van der Waals surface area contributed by atoms with Crippen LogP contribution in [0, 0.1) is 0 Å². The number of rotatable bonds is 2. The molecule has 2 atom stereocenters. The number of primary sulfonamides is 1. The van der Waals surface area contributed by atoms with E-state index in [-0.39, 0.29) is 10.6 Å². The predicted octanol–water partition coefficient (Wildman–Crippen LogP) is 1.25. The van der Waals surface area contributed by atoms with Gasteiger partial charge in [0.05, 0.1) is 5.69 Å². The molecule has 0 amide bonds. The molecular weight excluding hydrogens is 282 g/mol. The number of hydrogen-bond acceptors (Lipinski definition) is 5. The van der Waals surface area contributed by atoms with Crippen LogP contribution in [0.3, 0.4) is 0 Å². The Kier molecular flexibility index (Phi) is 3.98. The van der Waals surface area contributed by atoms with E-state index in [1.54, 1.807) is 12.1 Å². The van der Waals surface area contributed by atoms with Crippen LogP contribution in [-0.2, 0) is 10.0 Å². The fourth-order valence-electron chi connectivity index (χ4n) is 2.27. The Labute approximate surface area is 118 Å². The van der Waals surface area contributed by atoms with E-state index in [4.69, 9.17) is 10.9 Å². The van der Waals surface area contributed by atoms with E-state index in [2.05, 4.69) is 18.7 Å². The molecule has 1 aromatic carbocycles. The summed E-state index contributed by atoms with van der Waals surface area (Å²) in [5.41, 5.74) is 6.96. The van der Waals surface area contributed by atoms with E-state index < -0.39 is 10.0 Å². The molecule has 0 aromatic heterocycles. The molecule has 2 unspecified atom stereocenters. The number of thioether (sulfide) groups is 1. The average molecular weight is 301 g/mol. The van der Waals surface area contributed by atoms with E-state index in [0.717, 1.165) is 18.0 Å². The summed E-state index contributed by atoms with van der Waals surface area (Å²) in [7, 11) is -3.75. The molecule has 4 N–H and O–H groups in total. The molecule has 1 fully saturated rings. The first-order valence-electron chi connectivity index (χ1n) is 6.11. The van der Waals surface area contributed by atoms with Crippen molar-refractivity contribution in [1.29, 1.82) is 0 Å². The van der Waals surface area contributed by atoms with Crippen LogP contribution in [0.1, 0.15) is 13.8 Å².